The summed E-state index contributed by atoms with van der Waals surface area (Å²) < 4.78 is 60.9. The Morgan fingerprint density at radius 3 is 0.935 bits per heavy atom. The van der Waals surface area contributed by atoms with Crippen LogP contribution in [0.1, 0.15) is 252 Å². The van der Waals surface area contributed by atoms with Crippen LogP contribution in [0.4, 0.5) is 0 Å². The number of phosphoric acid groups is 2. The molecule has 18 heteroatoms. The van der Waals surface area contributed by atoms with E-state index in [9.17, 15) is 43.5 Å². The van der Waals surface area contributed by atoms with E-state index in [0.29, 0.717) is 19.3 Å². The van der Waals surface area contributed by atoms with E-state index in [1.54, 1.807) is 0 Å². The first kappa shape index (κ1) is 88.4. The molecule has 0 bridgehead atoms. The molecule has 0 aromatic heterocycles. The average Bonchev–Trinajstić information content (AvgIpc) is 3.71. The van der Waals surface area contributed by atoms with E-state index in [1.165, 1.54) is 38.5 Å². The van der Waals surface area contributed by atoms with Crippen LogP contribution in [0.25, 0.3) is 0 Å². The molecule has 0 aromatic carbocycles. The van der Waals surface area contributed by atoms with Crippen molar-refractivity contribution in [3.05, 3.63) is 146 Å². The Kier molecular flexibility index (Phi) is 64.1. The molecule has 0 rings (SSSR count). The standard InChI is InChI=1S/C75H124O16P2/c1-4-7-10-13-16-19-22-25-28-30-32-34-36-38-41-43-46-49-52-55-58-61-73(78)85-64-70(76)65-87-92(81,82)88-66-71(77)67-89-93(83,84)90-69-72(91-75(80)63-60-57-54-51-48-45-40-27-24-21-18-15-12-9-6-3)68-86-74(79)62-59-56-53-50-47-44-42-39-37-35-33-31-29-26-23-20-17-14-11-8-5-2/h7-8,10-11,16-17,19-20,25-29,32-35,38-42,46,49,70-72,76-77H,4-6,9,12-15,18,21-24,30-31,36-37,43-45,47-48,50-69H2,1-3H3,(H,81,82)(H,83,84)/b10-7-,11-8-,19-16-,20-17-,28-25-,29-26-,34-32-,35-33-,40-27-,41-38-,42-39-,49-46-. The summed E-state index contributed by atoms with van der Waals surface area (Å²) in [7, 11) is -9.81. The smallest absolute Gasteiger partial charge is 0.463 e. The molecule has 5 atom stereocenters. The van der Waals surface area contributed by atoms with Crippen LogP contribution in [-0.4, -0.2) is 95.9 Å². The number of aliphatic hydroxyl groups excluding tert-OH is 2. The number of aliphatic hydroxyl groups is 2. The molecule has 0 aliphatic heterocycles. The average molecular weight is 1340 g/mol. The molecule has 0 aliphatic rings. The number of ether oxygens (including phenoxy) is 3. The van der Waals surface area contributed by atoms with Gasteiger partial charge >= 0.3 is 33.6 Å². The summed E-state index contributed by atoms with van der Waals surface area (Å²) in [5.41, 5.74) is 0. The maximum Gasteiger partial charge on any atom is 0.472 e. The highest BCUT2D eigenvalue weighted by molar-refractivity contribution is 7.47. The molecule has 530 valence electrons. The van der Waals surface area contributed by atoms with E-state index < -0.39 is 91.5 Å². The van der Waals surface area contributed by atoms with E-state index >= 15 is 0 Å². The summed E-state index contributed by atoms with van der Waals surface area (Å²) in [5.74, 6) is -1.66. The fourth-order valence-corrected chi connectivity index (χ4v) is 10.3. The second-order valence-corrected chi connectivity index (χ2v) is 25.8. The van der Waals surface area contributed by atoms with E-state index in [-0.39, 0.29) is 19.3 Å². The minimum atomic E-state index is -4.94. The van der Waals surface area contributed by atoms with Crippen LogP contribution in [0.2, 0.25) is 0 Å². The maximum atomic E-state index is 12.9. The molecule has 0 heterocycles. The zero-order valence-electron chi connectivity index (χ0n) is 57.4. The molecule has 0 spiro atoms. The van der Waals surface area contributed by atoms with Gasteiger partial charge in [-0.05, 0) is 141 Å². The molecule has 0 saturated heterocycles. The molecule has 16 nitrogen and oxygen atoms in total. The normalized spacial score (nSPS) is 15.0. The number of carbonyl (C=O) groups excluding carboxylic acids is 3. The number of allylic oxidation sites excluding steroid dienone is 24. The van der Waals surface area contributed by atoms with Crippen LogP contribution in [0.5, 0.6) is 0 Å². The number of unbranched alkanes of at least 4 members (excludes halogenated alkanes) is 18. The Morgan fingerprint density at radius 1 is 0.312 bits per heavy atom. The highest BCUT2D eigenvalue weighted by atomic mass is 31.2. The first-order valence-electron chi connectivity index (χ1n) is 35.1. The highest BCUT2D eigenvalue weighted by Crippen LogP contribution is 2.45. The van der Waals surface area contributed by atoms with Gasteiger partial charge in [0.05, 0.1) is 26.4 Å². The molecule has 0 saturated carbocycles. The lowest BCUT2D eigenvalue weighted by Gasteiger charge is -2.21. The minimum Gasteiger partial charge on any atom is -0.463 e. The van der Waals surface area contributed by atoms with Crippen LogP contribution >= 0.6 is 15.6 Å². The van der Waals surface area contributed by atoms with Gasteiger partial charge in [0.15, 0.2) is 6.10 Å². The largest absolute Gasteiger partial charge is 0.472 e. The van der Waals surface area contributed by atoms with Crippen molar-refractivity contribution in [1.82, 2.24) is 0 Å². The first-order valence-corrected chi connectivity index (χ1v) is 38.1. The van der Waals surface area contributed by atoms with Crippen molar-refractivity contribution in [1.29, 1.82) is 0 Å². The lowest BCUT2D eigenvalue weighted by molar-refractivity contribution is -0.161. The number of hydrogen-bond donors (Lipinski definition) is 4. The Labute approximate surface area is 562 Å². The fourth-order valence-electron chi connectivity index (χ4n) is 8.71. The van der Waals surface area contributed by atoms with Crippen LogP contribution in [-0.2, 0) is 55.8 Å². The van der Waals surface area contributed by atoms with Crippen LogP contribution in [0.15, 0.2) is 146 Å². The van der Waals surface area contributed by atoms with Crippen molar-refractivity contribution in [3.63, 3.8) is 0 Å². The third-order valence-electron chi connectivity index (χ3n) is 14.0. The zero-order valence-corrected chi connectivity index (χ0v) is 59.2. The zero-order chi connectivity index (χ0) is 68.1. The number of rotatable bonds is 65. The molecule has 0 amide bonds. The third-order valence-corrected chi connectivity index (χ3v) is 15.9. The lowest BCUT2D eigenvalue weighted by atomic mass is 10.1. The number of phosphoric ester groups is 2. The van der Waals surface area contributed by atoms with Crippen molar-refractivity contribution in [2.45, 2.75) is 270 Å². The van der Waals surface area contributed by atoms with Gasteiger partial charge in [0.25, 0.3) is 0 Å². The van der Waals surface area contributed by atoms with Crippen LogP contribution in [0, 0.1) is 0 Å². The number of hydrogen-bond acceptors (Lipinski definition) is 14. The van der Waals surface area contributed by atoms with E-state index in [4.69, 9.17) is 32.3 Å². The monoisotopic (exact) mass is 1340 g/mol. The summed E-state index contributed by atoms with van der Waals surface area (Å²) in [5, 5.41) is 20.6. The summed E-state index contributed by atoms with van der Waals surface area (Å²) in [4.78, 5) is 58.4. The van der Waals surface area contributed by atoms with Gasteiger partial charge in [-0.3, -0.25) is 32.5 Å². The Balaban J connectivity index is 4.75. The SMILES string of the molecule is CC/C=C\C/C=C\C/C=C\C/C=C\C/C=C\C/C=C\CCCCC(=O)OCC(O)COP(=O)(O)OCC(O)COP(=O)(O)OCC(COC(=O)CCCCCCC/C=C\C/C=C\C/C=C\C/C=C\C/C=C\CC)OC(=O)CCCCCCC/C=C\CCCCCCCC. The Morgan fingerprint density at radius 2 is 0.570 bits per heavy atom. The molecule has 0 fully saturated rings. The van der Waals surface area contributed by atoms with Crippen LogP contribution < -0.4 is 0 Å². The van der Waals surface area contributed by atoms with Gasteiger partial charge in [-0.15, -0.1) is 0 Å². The second kappa shape index (κ2) is 67.4. The van der Waals surface area contributed by atoms with Crippen molar-refractivity contribution in [2.75, 3.05) is 39.6 Å². The number of carbonyl (C=O) groups is 3. The summed E-state index contributed by atoms with van der Waals surface area (Å²) in [6, 6.07) is 0. The summed E-state index contributed by atoms with van der Waals surface area (Å²) in [6.45, 7) is 2.33. The van der Waals surface area contributed by atoms with Crippen molar-refractivity contribution >= 4 is 33.6 Å². The van der Waals surface area contributed by atoms with Gasteiger partial charge in [-0.2, -0.15) is 0 Å². The number of esters is 3. The van der Waals surface area contributed by atoms with Crippen molar-refractivity contribution in [3.8, 4) is 0 Å². The van der Waals surface area contributed by atoms with E-state index in [1.807, 2.05) is 0 Å². The topological polar surface area (TPSA) is 231 Å². The minimum absolute atomic E-state index is 0.0846. The van der Waals surface area contributed by atoms with Crippen molar-refractivity contribution in [2.24, 2.45) is 0 Å². The van der Waals surface area contributed by atoms with E-state index in [2.05, 4.69) is 167 Å². The highest BCUT2D eigenvalue weighted by Gasteiger charge is 2.29. The van der Waals surface area contributed by atoms with E-state index in [0.717, 1.165) is 154 Å². The molecular weight excluding hydrogens is 1220 g/mol. The predicted molar refractivity (Wildman–Crippen MR) is 380 cm³/mol. The van der Waals surface area contributed by atoms with Crippen LogP contribution in [0.3, 0.4) is 0 Å². The molecule has 0 radical (unpaired) electrons. The van der Waals surface area contributed by atoms with Gasteiger partial charge in [-0.25, -0.2) is 9.13 Å². The molecule has 0 aromatic rings. The fraction of sp³-hybridized carbons (Fsp3) is 0.640. The quantitative estimate of drug-likeness (QED) is 0.0146. The Hall–Kier alpha value is -4.57. The predicted octanol–water partition coefficient (Wildman–Crippen LogP) is 19.8. The lowest BCUT2D eigenvalue weighted by Crippen LogP contribution is -2.30. The third kappa shape index (κ3) is 68.6. The molecule has 5 unspecified atom stereocenters. The van der Waals surface area contributed by atoms with Gasteiger partial charge in [0.2, 0.25) is 0 Å². The molecule has 0 aliphatic carbocycles. The van der Waals surface area contributed by atoms with Gasteiger partial charge in [-0.1, -0.05) is 237 Å². The summed E-state index contributed by atoms with van der Waals surface area (Å²) in [6.07, 6.45) is 80.4. The maximum absolute atomic E-state index is 12.9. The molecule has 93 heavy (non-hydrogen) atoms. The molecule has 4 N–H and O–H groups in total. The molecular formula is C75H124O16P2. The summed E-state index contributed by atoms with van der Waals surface area (Å²) >= 11 is 0. The first-order chi connectivity index (χ1) is 45.2. The van der Waals surface area contributed by atoms with Gasteiger partial charge in [0.1, 0.15) is 25.4 Å². The second-order valence-electron chi connectivity index (χ2n) is 22.9. The van der Waals surface area contributed by atoms with Crippen molar-refractivity contribution < 1.29 is 75.8 Å². The van der Waals surface area contributed by atoms with Gasteiger partial charge in [0, 0.05) is 19.3 Å². The van der Waals surface area contributed by atoms with Gasteiger partial charge < -0.3 is 34.2 Å². The Bertz CT molecular complexity index is 2280.